The summed E-state index contributed by atoms with van der Waals surface area (Å²) in [5.74, 6) is 0.585. The van der Waals surface area contributed by atoms with E-state index in [1.807, 2.05) is 6.92 Å². The van der Waals surface area contributed by atoms with Crippen molar-refractivity contribution in [2.75, 3.05) is 19.6 Å². The van der Waals surface area contributed by atoms with E-state index in [1.54, 1.807) is 0 Å². The molecule has 0 aromatic heterocycles. The van der Waals surface area contributed by atoms with Crippen LogP contribution in [-0.2, 0) is 16.0 Å². The minimum absolute atomic E-state index is 0.221. The summed E-state index contributed by atoms with van der Waals surface area (Å²) in [5, 5.41) is 0. The van der Waals surface area contributed by atoms with Gasteiger partial charge in [0.05, 0.1) is 0 Å². The second kappa shape index (κ2) is 7.25. The van der Waals surface area contributed by atoms with Crippen molar-refractivity contribution >= 4 is 5.97 Å². The molecule has 1 saturated heterocycles. The van der Waals surface area contributed by atoms with Gasteiger partial charge in [0.25, 0.3) is 0 Å². The van der Waals surface area contributed by atoms with E-state index in [2.05, 4.69) is 35.2 Å². The van der Waals surface area contributed by atoms with Crippen LogP contribution in [0.5, 0.6) is 0 Å². The minimum Gasteiger partial charge on any atom is -0.432 e. The SMILES string of the molecule is CC(=O)OC(C)=C1CCN(CCc2ccccc2)CC1. The highest BCUT2D eigenvalue weighted by molar-refractivity contribution is 5.67. The molecule has 20 heavy (non-hydrogen) atoms. The third-order valence-corrected chi connectivity index (χ3v) is 3.81. The molecule has 3 heteroatoms. The lowest BCUT2D eigenvalue weighted by molar-refractivity contribution is -0.136. The minimum atomic E-state index is -0.221. The smallest absolute Gasteiger partial charge is 0.307 e. The number of benzene rings is 1. The first-order valence-corrected chi connectivity index (χ1v) is 7.28. The van der Waals surface area contributed by atoms with Gasteiger partial charge in [-0.25, -0.2) is 0 Å². The second-order valence-corrected chi connectivity index (χ2v) is 5.33. The van der Waals surface area contributed by atoms with E-state index < -0.39 is 0 Å². The molecule has 3 nitrogen and oxygen atoms in total. The Bertz CT molecular complexity index is 469. The molecular formula is C17H23NO2. The Morgan fingerprint density at radius 2 is 1.80 bits per heavy atom. The molecule has 0 N–H and O–H groups in total. The zero-order chi connectivity index (χ0) is 14.4. The third-order valence-electron chi connectivity index (χ3n) is 3.81. The molecule has 0 atom stereocenters. The number of carbonyl (C=O) groups is 1. The maximum atomic E-state index is 11.0. The highest BCUT2D eigenvalue weighted by Gasteiger charge is 2.16. The van der Waals surface area contributed by atoms with E-state index in [-0.39, 0.29) is 5.97 Å². The van der Waals surface area contributed by atoms with Crippen LogP contribution in [0.25, 0.3) is 0 Å². The van der Waals surface area contributed by atoms with Gasteiger partial charge in [-0.2, -0.15) is 0 Å². The first-order valence-electron chi connectivity index (χ1n) is 7.28. The zero-order valence-corrected chi connectivity index (χ0v) is 12.4. The zero-order valence-electron chi connectivity index (χ0n) is 12.4. The van der Waals surface area contributed by atoms with Gasteiger partial charge in [0.1, 0.15) is 5.76 Å². The Kier molecular flexibility index (Phi) is 5.36. The van der Waals surface area contributed by atoms with Crippen LogP contribution in [0.2, 0.25) is 0 Å². The molecule has 0 spiro atoms. The number of hydrogen-bond donors (Lipinski definition) is 0. The molecule has 1 aliphatic rings. The monoisotopic (exact) mass is 273 g/mol. The van der Waals surface area contributed by atoms with E-state index in [0.29, 0.717) is 0 Å². The maximum Gasteiger partial charge on any atom is 0.307 e. The Morgan fingerprint density at radius 3 is 2.40 bits per heavy atom. The van der Waals surface area contributed by atoms with Crippen molar-refractivity contribution in [3.8, 4) is 0 Å². The van der Waals surface area contributed by atoms with Gasteiger partial charge < -0.3 is 9.64 Å². The molecule has 2 rings (SSSR count). The normalized spacial score (nSPS) is 16.0. The van der Waals surface area contributed by atoms with Gasteiger partial charge in [-0.15, -0.1) is 0 Å². The van der Waals surface area contributed by atoms with Gasteiger partial charge in [-0.3, -0.25) is 4.79 Å². The largest absolute Gasteiger partial charge is 0.432 e. The fourth-order valence-electron chi connectivity index (χ4n) is 2.62. The highest BCUT2D eigenvalue weighted by Crippen LogP contribution is 2.20. The van der Waals surface area contributed by atoms with E-state index in [9.17, 15) is 4.79 Å². The molecule has 0 saturated carbocycles. The summed E-state index contributed by atoms with van der Waals surface area (Å²) in [6.07, 6.45) is 3.12. The Balaban J connectivity index is 1.78. The van der Waals surface area contributed by atoms with Crippen molar-refractivity contribution in [2.45, 2.75) is 33.1 Å². The Labute approximate surface area is 121 Å². The average molecular weight is 273 g/mol. The molecule has 0 amide bonds. The van der Waals surface area contributed by atoms with Crippen molar-refractivity contribution in [2.24, 2.45) is 0 Å². The average Bonchev–Trinajstić information content (AvgIpc) is 2.46. The van der Waals surface area contributed by atoms with Crippen LogP contribution >= 0.6 is 0 Å². The van der Waals surface area contributed by atoms with Crippen molar-refractivity contribution in [3.05, 3.63) is 47.2 Å². The molecule has 1 aromatic carbocycles. The van der Waals surface area contributed by atoms with Crippen LogP contribution in [0.3, 0.4) is 0 Å². The van der Waals surface area contributed by atoms with E-state index in [1.165, 1.54) is 18.1 Å². The summed E-state index contributed by atoms with van der Waals surface area (Å²) in [7, 11) is 0. The van der Waals surface area contributed by atoms with Crippen LogP contribution in [0.4, 0.5) is 0 Å². The third kappa shape index (κ3) is 4.49. The molecule has 1 aromatic rings. The number of likely N-dealkylation sites (tertiary alicyclic amines) is 1. The molecule has 0 aliphatic carbocycles. The van der Waals surface area contributed by atoms with Crippen molar-refractivity contribution in [3.63, 3.8) is 0 Å². The predicted molar refractivity (Wildman–Crippen MR) is 80.3 cm³/mol. The van der Waals surface area contributed by atoms with Gasteiger partial charge in [0, 0.05) is 26.6 Å². The van der Waals surface area contributed by atoms with E-state index in [0.717, 1.165) is 44.7 Å². The number of carbonyl (C=O) groups excluding carboxylic acids is 1. The Morgan fingerprint density at radius 1 is 1.15 bits per heavy atom. The summed E-state index contributed by atoms with van der Waals surface area (Å²) in [4.78, 5) is 13.4. The van der Waals surface area contributed by atoms with Crippen LogP contribution in [0.1, 0.15) is 32.3 Å². The molecule has 108 valence electrons. The highest BCUT2D eigenvalue weighted by atomic mass is 16.5. The van der Waals surface area contributed by atoms with Crippen LogP contribution in [-0.4, -0.2) is 30.5 Å². The van der Waals surface area contributed by atoms with E-state index in [4.69, 9.17) is 4.74 Å². The number of nitrogens with zero attached hydrogens (tertiary/aromatic N) is 1. The van der Waals surface area contributed by atoms with Crippen molar-refractivity contribution in [1.82, 2.24) is 4.90 Å². The summed E-state index contributed by atoms with van der Waals surface area (Å²) in [5.41, 5.74) is 2.68. The van der Waals surface area contributed by atoms with Crippen LogP contribution in [0.15, 0.2) is 41.7 Å². The number of hydrogen-bond acceptors (Lipinski definition) is 3. The number of rotatable bonds is 4. The lowest BCUT2D eigenvalue weighted by Gasteiger charge is -2.29. The van der Waals surface area contributed by atoms with Gasteiger partial charge in [0.15, 0.2) is 0 Å². The second-order valence-electron chi connectivity index (χ2n) is 5.33. The number of esters is 1. The van der Waals surface area contributed by atoms with Crippen molar-refractivity contribution < 1.29 is 9.53 Å². The van der Waals surface area contributed by atoms with Gasteiger partial charge in [-0.1, -0.05) is 30.3 Å². The quantitative estimate of drug-likeness (QED) is 0.623. The lowest BCUT2D eigenvalue weighted by atomic mass is 10.0. The van der Waals surface area contributed by atoms with Gasteiger partial charge in [0.2, 0.25) is 0 Å². The first-order chi connectivity index (χ1) is 9.65. The van der Waals surface area contributed by atoms with Gasteiger partial charge in [-0.05, 0) is 37.3 Å². The summed E-state index contributed by atoms with van der Waals surface area (Å²) < 4.78 is 5.18. The fraction of sp³-hybridized carbons (Fsp3) is 0.471. The molecule has 0 radical (unpaired) electrons. The standard InChI is InChI=1S/C17H23NO2/c1-14(20-15(2)19)17-9-12-18(13-10-17)11-8-16-6-4-3-5-7-16/h3-7H,8-13H2,1-2H3. The molecule has 1 fully saturated rings. The number of ether oxygens (including phenoxy) is 1. The molecular weight excluding hydrogens is 250 g/mol. The predicted octanol–water partition coefficient (Wildman–Crippen LogP) is 3.16. The van der Waals surface area contributed by atoms with Crippen LogP contribution in [0, 0.1) is 0 Å². The first kappa shape index (κ1) is 14.8. The molecule has 0 unspecified atom stereocenters. The Hall–Kier alpha value is -1.61. The fourth-order valence-corrected chi connectivity index (χ4v) is 2.62. The summed E-state index contributed by atoms with van der Waals surface area (Å²) in [6, 6.07) is 10.6. The molecule has 1 aliphatic heterocycles. The molecule has 0 bridgehead atoms. The maximum absolute atomic E-state index is 11.0. The molecule has 1 heterocycles. The number of allylic oxidation sites excluding steroid dienone is 1. The van der Waals surface area contributed by atoms with Crippen LogP contribution < -0.4 is 0 Å². The topological polar surface area (TPSA) is 29.5 Å². The lowest BCUT2D eigenvalue weighted by Crippen LogP contribution is -2.33. The summed E-state index contributed by atoms with van der Waals surface area (Å²) >= 11 is 0. The number of piperidine rings is 1. The van der Waals surface area contributed by atoms with Crippen molar-refractivity contribution in [1.29, 1.82) is 0 Å². The van der Waals surface area contributed by atoms with Gasteiger partial charge >= 0.3 is 5.97 Å². The van der Waals surface area contributed by atoms with E-state index >= 15 is 0 Å². The summed E-state index contributed by atoms with van der Waals surface area (Å²) in [6.45, 7) is 6.57.